The van der Waals surface area contributed by atoms with E-state index in [4.69, 9.17) is 0 Å². The Labute approximate surface area is 138 Å². The Balaban J connectivity index is 1.79. The predicted octanol–water partition coefficient (Wildman–Crippen LogP) is 2.01. The maximum atomic E-state index is 12.4. The molecule has 8 heteroatoms. The molecular formula is C16H20F3N3O2. The van der Waals surface area contributed by atoms with Crippen molar-refractivity contribution in [1.29, 1.82) is 0 Å². The van der Waals surface area contributed by atoms with E-state index in [1.807, 2.05) is 30.3 Å². The topological polar surface area (TPSA) is 61.4 Å². The molecule has 132 valence electrons. The van der Waals surface area contributed by atoms with Crippen molar-refractivity contribution in [2.45, 2.75) is 25.6 Å². The number of nitrogens with zero attached hydrogens (tertiary/aromatic N) is 1. The summed E-state index contributed by atoms with van der Waals surface area (Å²) in [7, 11) is 0. The molecule has 0 aromatic heterocycles. The van der Waals surface area contributed by atoms with Gasteiger partial charge in [-0.3, -0.25) is 9.59 Å². The molecule has 1 saturated heterocycles. The first-order chi connectivity index (χ1) is 11.2. The van der Waals surface area contributed by atoms with E-state index in [1.165, 1.54) is 0 Å². The van der Waals surface area contributed by atoms with E-state index in [1.54, 1.807) is 6.92 Å². The van der Waals surface area contributed by atoms with E-state index in [2.05, 4.69) is 10.6 Å². The molecule has 2 amide bonds. The van der Waals surface area contributed by atoms with Crippen LogP contribution in [0.5, 0.6) is 0 Å². The van der Waals surface area contributed by atoms with Crippen LogP contribution in [-0.4, -0.2) is 48.6 Å². The summed E-state index contributed by atoms with van der Waals surface area (Å²) in [4.78, 5) is 24.4. The fraction of sp³-hybridized carbons (Fsp3) is 0.500. The first-order valence-corrected chi connectivity index (χ1v) is 7.68. The number of amides is 2. The zero-order valence-electron chi connectivity index (χ0n) is 13.3. The van der Waals surface area contributed by atoms with Gasteiger partial charge in [0, 0.05) is 31.2 Å². The van der Waals surface area contributed by atoms with Crippen LogP contribution in [0.25, 0.3) is 0 Å². The van der Waals surface area contributed by atoms with Gasteiger partial charge >= 0.3 is 6.18 Å². The zero-order chi connectivity index (χ0) is 17.7. The number of rotatable bonds is 6. The fourth-order valence-corrected chi connectivity index (χ4v) is 2.56. The number of hydrogen-bond acceptors (Lipinski definition) is 3. The normalized spacial score (nSPS) is 19.2. The SMILES string of the molecule is C[C@@H](CNc1ccccc1)NC(=O)[C@H]1CC(=O)N(CC(F)(F)F)C1. The number of anilines is 1. The van der Waals surface area contributed by atoms with Gasteiger partial charge in [0.1, 0.15) is 6.54 Å². The maximum absolute atomic E-state index is 12.4. The van der Waals surface area contributed by atoms with E-state index < -0.39 is 30.5 Å². The minimum Gasteiger partial charge on any atom is -0.383 e. The fourth-order valence-electron chi connectivity index (χ4n) is 2.56. The van der Waals surface area contributed by atoms with Crippen molar-refractivity contribution in [2.24, 2.45) is 5.92 Å². The standard InChI is InChI=1S/C16H20F3N3O2/c1-11(8-20-13-5-3-2-4-6-13)21-15(24)12-7-14(23)22(9-12)10-16(17,18)19/h2-6,11-12,20H,7-10H2,1H3,(H,21,24)/t11-,12-/m0/s1. The highest BCUT2D eigenvalue weighted by atomic mass is 19.4. The highest BCUT2D eigenvalue weighted by Crippen LogP contribution is 2.24. The lowest BCUT2D eigenvalue weighted by Crippen LogP contribution is -2.42. The van der Waals surface area contributed by atoms with Gasteiger partial charge in [-0.25, -0.2) is 0 Å². The van der Waals surface area contributed by atoms with Crippen molar-refractivity contribution in [3.8, 4) is 0 Å². The van der Waals surface area contributed by atoms with Crippen LogP contribution in [0.2, 0.25) is 0 Å². The zero-order valence-corrected chi connectivity index (χ0v) is 13.3. The summed E-state index contributed by atoms with van der Waals surface area (Å²) in [5, 5.41) is 5.88. The molecule has 1 aromatic rings. The van der Waals surface area contributed by atoms with Crippen molar-refractivity contribution < 1.29 is 22.8 Å². The molecule has 2 N–H and O–H groups in total. The average Bonchev–Trinajstić information content (AvgIpc) is 2.85. The summed E-state index contributed by atoms with van der Waals surface area (Å²) in [5.41, 5.74) is 0.908. The summed E-state index contributed by atoms with van der Waals surface area (Å²) in [5.74, 6) is -1.77. The third-order valence-corrected chi connectivity index (χ3v) is 3.73. The van der Waals surface area contributed by atoms with Crippen LogP contribution in [0.3, 0.4) is 0 Å². The molecule has 5 nitrogen and oxygen atoms in total. The van der Waals surface area contributed by atoms with Gasteiger partial charge in [-0.15, -0.1) is 0 Å². The Morgan fingerprint density at radius 3 is 2.62 bits per heavy atom. The number of nitrogens with one attached hydrogen (secondary N) is 2. The molecule has 0 unspecified atom stereocenters. The number of alkyl halides is 3. The lowest BCUT2D eigenvalue weighted by molar-refractivity contribution is -0.157. The largest absolute Gasteiger partial charge is 0.406 e. The van der Waals surface area contributed by atoms with E-state index in [0.717, 1.165) is 5.69 Å². The highest BCUT2D eigenvalue weighted by Gasteiger charge is 2.40. The molecule has 0 spiro atoms. The van der Waals surface area contributed by atoms with Gasteiger partial charge in [0.25, 0.3) is 0 Å². The Morgan fingerprint density at radius 1 is 1.33 bits per heavy atom. The minimum atomic E-state index is -4.45. The molecule has 0 bridgehead atoms. The van der Waals surface area contributed by atoms with Crippen LogP contribution in [-0.2, 0) is 9.59 Å². The van der Waals surface area contributed by atoms with Gasteiger partial charge in [0.05, 0.1) is 5.92 Å². The molecule has 2 rings (SSSR count). The van der Waals surface area contributed by atoms with Gasteiger partial charge < -0.3 is 15.5 Å². The number of hydrogen-bond donors (Lipinski definition) is 2. The van der Waals surface area contributed by atoms with Crippen molar-refractivity contribution in [3.05, 3.63) is 30.3 Å². The smallest absolute Gasteiger partial charge is 0.383 e. The van der Waals surface area contributed by atoms with Crippen molar-refractivity contribution in [2.75, 3.05) is 25.0 Å². The third kappa shape index (κ3) is 5.43. The molecule has 2 atom stereocenters. The summed E-state index contributed by atoms with van der Waals surface area (Å²) in [6, 6.07) is 9.21. The summed E-state index contributed by atoms with van der Waals surface area (Å²) >= 11 is 0. The first kappa shape index (κ1) is 18.1. The highest BCUT2D eigenvalue weighted by molar-refractivity contribution is 5.89. The summed E-state index contributed by atoms with van der Waals surface area (Å²) in [6.45, 7) is 0.768. The molecule has 24 heavy (non-hydrogen) atoms. The van der Waals surface area contributed by atoms with E-state index >= 15 is 0 Å². The number of halogens is 3. The number of likely N-dealkylation sites (tertiary alicyclic amines) is 1. The molecule has 1 aliphatic heterocycles. The maximum Gasteiger partial charge on any atom is 0.406 e. The minimum absolute atomic E-state index is 0.180. The van der Waals surface area contributed by atoms with Crippen LogP contribution in [0.1, 0.15) is 13.3 Å². The van der Waals surface area contributed by atoms with E-state index in [0.29, 0.717) is 11.4 Å². The van der Waals surface area contributed by atoms with Gasteiger partial charge in [0.15, 0.2) is 0 Å². The average molecular weight is 343 g/mol. The molecule has 1 aromatic carbocycles. The predicted molar refractivity (Wildman–Crippen MR) is 83.3 cm³/mol. The quantitative estimate of drug-likeness (QED) is 0.831. The van der Waals surface area contributed by atoms with E-state index in [9.17, 15) is 22.8 Å². The van der Waals surface area contributed by atoms with Crippen LogP contribution >= 0.6 is 0 Å². The molecular weight excluding hydrogens is 323 g/mol. The van der Waals surface area contributed by atoms with Crippen LogP contribution in [0, 0.1) is 5.92 Å². The Bertz CT molecular complexity index is 578. The lowest BCUT2D eigenvalue weighted by atomic mass is 10.1. The van der Waals surface area contributed by atoms with Crippen LogP contribution in [0.15, 0.2) is 30.3 Å². The number of carbonyl (C=O) groups excluding carboxylic acids is 2. The number of carbonyl (C=O) groups is 2. The second kappa shape index (κ2) is 7.55. The Morgan fingerprint density at radius 2 is 2.00 bits per heavy atom. The van der Waals surface area contributed by atoms with Crippen molar-refractivity contribution >= 4 is 17.5 Å². The summed E-state index contributed by atoms with van der Waals surface area (Å²) < 4.78 is 37.1. The first-order valence-electron chi connectivity index (χ1n) is 7.68. The lowest BCUT2D eigenvalue weighted by Gasteiger charge is -2.20. The van der Waals surface area contributed by atoms with Gasteiger partial charge in [-0.05, 0) is 19.1 Å². The van der Waals surface area contributed by atoms with Gasteiger partial charge in [0.2, 0.25) is 11.8 Å². The summed E-state index contributed by atoms with van der Waals surface area (Å²) in [6.07, 6.45) is -4.63. The molecule has 1 fully saturated rings. The molecule has 1 heterocycles. The molecule has 1 aliphatic rings. The second-order valence-electron chi connectivity index (χ2n) is 5.95. The second-order valence-corrected chi connectivity index (χ2v) is 5.95. The monoisotopic (exact) mass is 343 g/mol. The number of benzene rings is 1. The van der Waals surface area contributed by atoms with Crippen molar-refractivity contribution in [3.63, 3.8) is 0 Å². The van der Waals surface area contributed by atoms with Crippen LogP contribution in [0.4, 0.5) is 18.9 Å². The van der Waals surface area contributed by atoms with Gasteiger partial charge in [-0.1, -0.05) is 18.2 Å². The molecule has 0 aliphatic carbocycles. The van der Waals surface area contributed by atoms with Crippen LogP contribution < -0.4 is 10.6 Å². The molecule has 0 saturated carbocycles. The number of para-hydroxylation sites is 1. The Hall–Kier alpha value is -2.25. The van der Waals surface area contributed by atoms with Crippen molar-refractivity contribution in [1.82, 2.24) is 10.2 Å². The Kier molecular flexibility index (Phi) is 5.69. The van der Waals surface area contributed by atoms with E-state index in [-0.39, 0.29) is 19.0 Å². The third-order valence-electron chi connectivity index (χ3n) is 3.73. The molecule has 0 radical (unpaired) electrons. The van der Waals surface area contributed by atoms with Gasteiger partial charge in [-0.2, -0.15) is 13.2 Å².